The van der Waals surface area contributed by atoms with Crippen molar-refractivity contribution in [2.75, 3.05) is 6.61 Å². The van der Waals surface area contributed by atoms with E-state index < -0.39 is 0 Å². The third-order valence-electron chi connectivity index (χ3n) is 3.23. The average Bonchev–Trinajstić information content (AvgIpc) is 2.36. The third kappa shape index (κ3) is 5.61. The highest BCUT2D eigenvalue weighted by atomic mass is 16.5. The van der Waals surface area contributed by atoms with Gasteiger partial charge < -0.3 is 15.8 Å². The van der Waals surface area contributed by atoms with Crippen LogP contribution in [0.3, 0.4) is 0 Å². The molecule has 1 unspecified atom stereocenters. The molecule has 3 N–H and O–H groups in total. The lowest BCUT2D eigenvalue weighted by atomic mass is 10.0. The van der Waals surface area contributed by atoms with Crippen LogP contribution in [-0.2, 0) is 11.2 Å². The highest BCUT2D eigenvalue weighted by Crippen LogP contribution is 2.19. The number of rotatable bonds is 7. The predicted octanol–water partition coefficient (Wildman–Crippen LogP) is 2.26. The highest BCUT2D eigenvalue weighted by Gasteiger charge is 2.18. The van der Waals surface area contributed by atoms with Gasteiger partial charge in [-0.3, -0.25) is 4.79 Å². The smallest absolute Gasteiger partial charge is 0.258 e. The number of nitrogens with one attached hydrogen (secondary N) is 1. The van der Waals surface area contributed by atoms with Crippen LogP contribution in [0.1, 0.15) is 39.7 Å². The van der Waals surface area contributed by atoms with Crippen LogP contribution in [0.5, 0.6) is 5.75 Å². The van der Waals surface area contributed by atoms with E-state index >= 15 is 0 Å². The first-order chi connectivity index (χ1) is 9.34. The number of amides is 1. The van der Waals surface area contributed by atoms with E-state index in [1.165, 1.54) is 0 Å². The third-order valence-corrected chi connectivity index (χ3v) is 3.23. The van der Waals surface area contributed by atoms with Gasteiger partial charge in [-0.2, -0.15) is 0 Å². The Kier molecular flexibility index (Phi) is 6.02. The van der Waals surface area contributed by atoms with Crippen molar-refractivity contribution in [3.05, 3.63) is 29.8 Å². The molecule has 1 amide bonds. The zero-order valence-electron chi connectivity index (χ0n) is 12.9. The molecule has 0 spiro atoms. The number of hydrogen-bond donors (Lipinski definition) is 2. The lowest BCUT2D eigenvalue weighted by Gasteiger charge is -2.24. The molecular weight excluding hydrogens is 252 g/mol. The Hall–Kier alpha value is -1.55. The van der Waals surface area contributed by atoms with Crippen molar-refractivity contribution in [1.82, 2.24) is 5.32 Å². The SMILES string of the molecule is CCC(C)(C)NC(=O)COc1ccccc1CC(C)N. The maximum Gasteiger partial charge on any atom is 0.258 e. The summed E-state index contributed by atoms with van der Waals surface area (Å²) < 4.78 is 5.62. The molecule has 20 heavy (non-hydrogen) atoms. The zero-order valence-corrected chi connectivity index (χ0v) is 12.9. The molecule has 112 valence electrons. The van der Waals surface area contributed by atoms with Gasteiger partial charge >= 0.3 is 0 Å². The summed E-state index contributed by atoms with van der Waals surface area (Å²) in [5, 5.41) is 2.95. The molecule has 0 aliphatic rings. The molecule has 0 heterocycles. The number of carbonyl (C=O) groups excluding carboxylic acids is 1. The lowest BCUT2D eigenvalue weighted by molar-refractivity contribution is -0.124. The van der Waals surface area contributed by atoms with E-state index in [0.29, 0.717) is 0 Å². The molecule has 1 atom stereocenters. The van der Waals surface area contributed by atoms with Gasteiger partial charge in [0, 0.05) is 11.6 Å². The van der Waals surface area contributed by atoms with E-state index in [0.717, 1.165) is 24.2 Å². The van der Waals surface area contributed by atoms with Gasteiger partial charge in [-0.15, -0.1) is 0 Å². The first-order valence-electron chi connectivity index (χ1n) is 7.11. The molecule has 4 nitrogen and oxygen atoms in total. The van der Waals surface area contributed by atoms with Gasteiger partial charge in [0.15, 0.2) is 6.61 Å². The molecule has 1 rings (SSSR count). The minimum atomic E-state index is -0.203. The van der Waals surface area contributed by atoms with E-state index in [-0.39, 0.29) is 24.1 Å². The van der Waals surface area contributed by atoms with Crippen molar-refractivity contribution in [2.24, 2.45) is 5.73 Å². The maximum atomic E-state index is 11.9. The van der Waals surface area contributed by atoms with Gasteiger partial charge in [0.1, 0.15) is 5.75 Å². The molecule has 4 heteroatoms. The molecule has 0 fully saturated rings. The summed E-state index contributed by atoms with van der Waals surface area (Å²) in [5.41, 5.74) is 6.65. The topological polar surface area (TPSA) is 64.3 Å². The minimum absolute atomic E-state index is 0.0272. The second kappa shape index (κ2) is 7.29. The minimum Gasteiger partial charge on any atom is -0.483 e. The second-order valence-electron chi connectivity index (χ2n) is 5.86. The van der Waals surface area contributed by atoms with Crippen molar-refractivity contribution in [1.29, 1.82) is 0 Å². The predicted molar refractivity (Wildman–Crippen MR) is 81.8 cm³/mol. The Bertz CT molecular complexity index is 442. The first-order valence-corrected chi connectivity index (χ1v) is 7.11. The second-order valence-corrected chi connectivity index (χ2v) is 5.86. The van der Waals surface area contributed by atoms with Gasteiger partial charge in [-0.25, -0.2) is 0 Å². The monoisotopic (exact) mass is 278 g/mol. The number of carbonyl (C=O) groups is 1. The molecular formula is C16H26N2O2. The molecule has 0 radical (unpaired) electrons. The van der Waals surface area contributed by atoms with Crippen molar-refractivity contribution >= 4 is 5.91 Å². The first kappa shape index (κ1) is 16.5. The largest absolute Gasteiger partial charge is 0.483 e. The van der Waals surface area contributed by atoms with E-state index in [9.17, 15) is 4.79 Å². The summed E-state index contributed by atoms with van der Waals surface area (Å²) >= 11 is 0. The summed E-state index contributed by atoms with van der Waals surface area (Å²) in [6, 6.07) is 7.76. The Balaban J connectivity index is 2.59. The van der Waals surface area contributed by atoms with Crippen LogP contribution in [-0.4, -0.2) is 24.1 Å². The summed E-state index contributed by atoms with van der Waals surface area (Å²) in [4.78, 5) is 11.9. The Labute approximate surface area is 121 Å². The van der Waals surface area contributed by atoms with Crippen molar-refractivity contribution in [2.45, 2.75) is 52.1 Å². The van der Waals surface area contributed by atoms with Crippen LogP contribution in [0.25, 0.3) is 0 Å². The van der Waals surface area contributed by atoms with E-state index in [1.54, 1.807) is 0 Å². The normalized spacial score (nSPS) is 12.8. The summed E-state index contributed by atoms with van der Waals surface area (Å²) in [5.74, 6) is 0.627. The summed E-state index contributed by atoms with van der Waals surface area (Å²) in [6.45, 7) is 8.01. The Morgan fingerprint density at radius 2 is 2.05 bits per heavy atom. The van der Waals surface area contributed by atoms with Gasteiger partial charge in [0.25, 0.3) is 5.91 Å². The average molecular weight is 278 g/mol. The van der Waals surface area contributed by atoms with E-state index in [2.05, 4.69) is 5.32 Å². The number of para-hydroxylation sites is 1. The highest BCUT2D eigenvalue weighted by molar-refractivity contribution is 5.78. The van der Waals surface area contributed by atoms with Gasteiger partial charge in [0.05, 0.1) is 0 Å². The number of benzene rings is 1. The molecule has 0 aromatic heterocycles. The standard InChI is InChI=1S/C16H26N2O2/c1-5-16(3,4)18-15(19)11-20-14-9-7-6-8-13(14)10-12(2)17/h6-9,12H,5,10-11,17H2,1-4H3,(H,18,19). The van der Waals surface area contributed by atoms with Crippen LogP contribution in [0, 0.1) is 0 Å². The van der Waals surface area contributed by atoms with Crippen LogP contribution < -0.4 is 15.8 Å². The molecule has 0 bridgehead atoms. The quantitative estimate of drug-likeness (QED) is 0.804. The number of nitrogens with two attached hydrogens (primary N) is 1. The number of hydrogen-bond acceptors (Lipinski definition) is 3. The van der Waals surface area contributed by atoms with Crippen molar-refractivity contribution < 1.29 is 9.53 Å². The fourth-order valence-corrected chi connectivity index (χ4v) is 1.81. The fourth-order valence-electron chi connectivity index (χ4n) is 1.81. The fraction of sp³-hybridized carbons (Fsp3) is 0.562. The van der Waals surface area contributed by atoms with Gasteiger partial charge in [0.2, 0.25) is 0 Å². The molecule has 0 saturated carbocycles. The molecule has 1 aromatic carbocycles. The van der Waals surface area contributed by atoms with E-state index in [1.807, 2.05) is 52.0 Å². The summed E-state index contributed by atoms with van der Waals surface area (Å²) in [6.07, 6.45) is 1.61. The molecule has 0 aliphatic heterocycles. The van der Waals surface area contributed by atoms with E-state index in [4.69, 9.17) is 10.5 Å². The van der Waals surface area contributed by atoms with Crippen LogP contribution in [0.4, 0.5) is 0 Å². The molecule has 0 saturated heterocycles. The summed E-state index contributed by atoms with van der Waals surface area (Å²) in [7, 11) is 0. The number of ether oxygens (including phenoxy) is 1. The van der Waals surface area contributed by atoms with Crippen LogP contribution >= 0.6 is 0 Å². The van der Waals surface area contributed by atoms with Crippen LogP contribution in [0.2, 0.25) is 0 Å². The van der Waals surface area contributed by atoms with Gasteiger partial charge in [-0.1, -0.05) is 25.1 Å². The lowest BCUT2D eigenvalue weighted by Crippen LogP contribution is -2.44. The molecule has 1 aromatic rings. The maximum absolute atomic E-state index is 11.9. The Morgan fingerprint density at radius 1 is 1.40 bits per heavy atom. The Morgan fingerprint density at radius 3 is 2.65 bits per heavy atom. The van der Waals surface area contributed by atoms with Gasteiger partial charge in [-0.05, 0) is 45.2 Å². The van der Waals surface area contributed by atoms with Crippen molar-refractivity contribution in [3.63, 3.8) is 0 Å². The molecule has 0 aliphatic carbocycles. The van der Waals surface area contributed by atoms with Crippen molar-refractivity contribution in [3.8, 4) is 5.75 Å². The van der Waals surface area contributed by atoms with Crippen LogP contribution in [0.15, 0.2) is 24.3 Å². The zero-order chi connectivity index (χ0) is 15.2.